The van der Waals surface area contributed by atoms with Gasteiger partial charge in [0.15, 0.2) is 0 Å². The Hall–Kier alpha value is -4.10. The monoisotopic (exact) mass is 1450 g/mol. The molecule has 0 fully saturated rings. The summed E-state index contributed by atoms with van der Waals surface area (Å²) >= 11 is 0. The van der Waals surface area contributed by atoms with Crippen LogP contribution in [0.15, 0.2) is 54.6 Å². The topological polar surface area (TPSA) is 107 Å². The second-order valence-electron chi connectivity index (χ2n) is 34.3. The molecule has 3 unspecified atom stereocenters. The second-order valence-corrected chi connectivity index (χ2v) is 35.3. The number of benzene rings is 3. The summed E-state index contributed by atoms with van der Waals surface area (Å²) in [6, 6.07) is 18.6. The molecule has 3 rings (SSSR count). The van der Waals surface area contributed by atoms with Crippen molar-refractivity contribution in [1.29, 1.82) is 0 Å². The summed E-state index contributed by atoms with van der Waals surface area (Å²) in [6.45, 7) is 32.6. The summed E-state index contributed by atoms with van der Waals surface area (Å²) < 4.78 is 39.2. The average molecular weight is 1450 g/mol. The number of rotatable bonds is 63. The first-order valence-electron chi connectivity index (χ1n) is 43.3. The number of carbonyl (C=O) groups excluding carboxylic acids is 3. The number of ether oxygens (including phenoxy) is 3. The molecule has 3 aromatic rings. The molecule has 0 aliphatic carbocycles. The number of unbranched alkanes of at least 4 members (excludes halogenated alkanes) is 39. The first-order chi connectivity index (χ1) is 49.4. The zero-order chi connectivity index (χ0) is 75.4. The third-order valence-electron chi connectivity index (χ3n) is 20.8. The minimum Gasteiger partial charge on any atom is -0.463 e. The predicted molar refractivity (Wildman–Crippen MR) is 441 cm³/mol. The van der Waals surface area contributed by atoms with Crippen molar-refractivity contribution >= 4 is 26.5 Å². The Bertz CT molecular complexity index is 2360. The SMILES string of the molecule is CCCCCCCCCCCCCCCCC(C)OC(=O)CCc1ccc(OP(Oc2ccc(CCC(=O)OC(C)CCCCCCCCCCCCCCCC)cc2C(C)(C)C)Oc2ccc(CCC(=O)OC(C)CCCCCCCCCCCCCCCC)cc2C(C)(C)C)c(C(C)(C)C)c1. The number of hydrogen-bond acceptors (Lipinski definition) is 9. The van der Waals surface area contributed by atoms with Crippen molar-refractivity contribution in [3.63, 3.8) is 0 Å². The highest BCUT2D eigenvalue weighted by Gasteiger charge is 2.32. The molecule has 0 aliphatic rings. The van der Waals surface area contributed by atoms with E-state index in [0.29, 0.717) is 55.8 Å². The minimum atomic E-state index is -2.16. The van der Waals surface area contributed by atoms with Crippen molar-refractivity contribution in [1.82, 2.24) is 0 Å². The zero-order valence-electron chi connectivity index (χ0n) is 69.6. The van der Waals surface area contributed by atoms with Gasteiger partial charge >= 0.3 is 26.5 Å². The molecule has 0 heterocycles. The van der Waals surface area contributed by atoms with Gasteiger partial charge in [0, 0.05) is 36.0 Å². The summed E-state index contributed by atoms with van der Waals surface area (Å²) in [6.07, 6.45) is 60.6. The molecular formula is C93H159O9P. The molecule has 0 radical (unpaired) electrons. The van der Waals surface area contributed by atoms with E-state index in [-0.39, 0.29) is 52.5 Å². The standard InChI is InChI=1S/C93H159O9P/c1-16-19-22-25-28-31-34-37-40-43-46-49-52-55-58-76(4)97-88(94)70-64-79-61-67-85(82(73-79)91(7,8)9)100-103(101-86-68-62-80(74-83(86)92(10,11)12)65-71-89(95)98-77(5)59-56-53-50-47-44-41-38-35-32-29-26-23-20-17-2)102-87-69-63-81(75-84(87)93(13,14)15)66-72-90(96)99-78(6)60-57-54-51-48-45-42-39-36-33-30-27-24-21-18-3/h61-63,67-69,73-78H,16-60,64-66,70-72H2,1-15H3. The molecule has 0 spiro atoms. The van der Waals surface area contributed by atoms with E-state index in [4.69, 9.17) is 27.8 Å². The van der Waals surface area contributed by atoms with Crippen LogP contribution in [-0.2, 0) is 64.1 Å². The molecule has 0 amide bonds. The van der Waals surface area contributed by atoms with Gasteiger partial charge in [0.2, 0.25) is 0 Å². The third-order valence-corrected chi connectivity index (χ3v) is 21.9. The quantitative estimate of drug-likeness (QED) is 0.0236. The molecule has 0 aromatic heterocycles. The summed E-state index contributed by atoms with van der Waals surface area (Å²) in [4.78, 5) is 40.1. The van der Waals surface area contributed by atoms with Gasteiger partial charge in [-0.05, 0) is 130 Å². The fraction of sp³-hybridized carbons (Fsp3) is 0.774. The van der Waals surface area contributed by atoms with Crippen molar-refractivity contribution in [2.24, 2.45) is 0 Å². The highest BCUT2D eigenvalue weighted by Crippen LogP contribution is 2.49. The van der Waals surface area contributed by atoms with E-state index in [1.54, 1.807) is 0 Å². The highest BCUT2D eigenvalue weighted by atomic mass is 31.2. The normalized spacial score (nSPS) is 13.2. The Morgan fingerprint density at radius 3 is 0.660 bits per heavy atom. The summed E-state index contributed by atoms with van der Waals surface area (Å²) in [5, 5.41) is 0. The van der Waals surface area contributed by atoms with Crippen LogP contribution in [0.4, 0.5) is 0 Å². The van der Waals surface area contributed by atoms with Gasteiger partial charge < -0.3 is 27.8 Å². The Morgan fingerprint density at radius 2 is 0.476 bits per heavy atom. The fourth-order valence-corrected chi connectivity index (χ4v) is 15.2. The number of hydrogen-bond donors (Lipinski definition) is 0. The lowest BCUT2D eigenvalue weighted by atomic mass is 9.85. The molecular weight excluding hydrogens is 1290 g/mol. The van der Waals surface area contributed by atoms with Crippen LogP contribution in [0, 0.1) is 0 Å². The lowest BCUT2D eigenvalue weighted by molar-refractivity contribution is -0.149. The third kappa shape index (κ3) is 46.0. The number of carbonyl (C=O) groups is 3. The van der Waals surface area contributed by atoms with Crippen LogP contribution in [0.2, 0.25) is 0 Å². The number of aryl methyl sites for hydroxylation is 3. The lowest BCUT2D eigenvalue weighted by Gasteiger charge is -2.29. The minimum absolute atomic E-state index is 0.105. The molecule has 0 bridgehead atoms. The summed E-state index contributed by atoms with van der Waals surface area (Å²) in [5.41, 5.74) is 4.98. The molecule has 3 atom stereocenters. The van der Waals surface area contributed by atoms with E-state index in [0.717, 1.165) is 71.9 Å². The van der Waals surface area contributed by atoms with E-state index >= 15 is 0 Å². The first kappa shape index (κ1) is 93.1. The average Bonchev–Trinajstić information content (AvgIpc) is 0.803. The summed E-state index contributed by atoms with van der Waals surface area (Å²) in [7, 11) is -2.16. The van der Waals surface area contributed by atoms with E-state index in [1.165, 1.54) is 250 Å². The maximum absolute atomic E-state index is 13.4. The van der Waals surface area contributed by atoms with Crippen LogP contribution in [0.25, 0.3) is 0 Å². The maximum atomic E-state index is 13.4. The summed E-state index contributed by atoms with van der Waals surface area (Å²) in [5.74, 6) is 1.43. The number of esters is 3. The molecule has 9 nitrogen and oxygen atoms in total. The molecule has 10 heteroatoms. The van der Waals surface area contributed by atoms with Gasteiger partial charge in [-0.15, -0.1) is 0 Å². The Labute approximate surface area is 636 Å². The highest BCUT2D eigenvalue weighted by molar-refractivity contribution is 7.43. The maximum Gasteiger partial charge on any atom is 0.530 e. The molecule has 0 saturated heterocycles. The molecule has 103 heavy (non-hydrogen) atoms. The van der Waals surface area contributed by atoms with Gasteiger partial charge in [-0.2, -0.15) is 0 Å². The zero-order valence-corrected chi connectivity index (χ0v) is 70.5. The van der Waals surface area contributed by atoms with Gasteiger partial charge in [-0.3, -0.25) is 14.4 Å². The molecule has 590 valence electrons. The fourth-order valence-electron chi connectivity index (χ4n) is 14.1. The Morgan fingerprint density at radius 1 is 0.291 bits per heavy atom. The Kier molecular flexibility index (Phi) is 50.8. The molecule has 3 aromatic carbocycles. The van der Waals surface area contributed by atoms with Crippen molar-refractivity contribution < 1.29 is 42.2 Å². The molecule has 0 saturated carbocycles. The molecule has 0 N–H and O–H groups in total. The van der Waals surface area contributed by atoms with Crippen LogP contribution in [0.5, 0.6) is 17.2 Å². The van der Waals surface area contributed by atoms with Crippen LogP contribution in [-0.4, -0.2) is 36.2 Å². The van der Waals surface area contributed by atoms with Gasteiger partial charge in [0.05, 0.1) is 18.3 Å². The van der Waals surface area contributed by atoms with Crippen LogP contribution >= 0.6 is 8.60 Å². The largest absolute Gasteiger partial charge is 0.530 e. The van der Waals surface area contributed by atoms with Gasteiger partial charge in [-0.1, -0.05) is 370 Å². The van der Waals surface area contributed by atoms with Crippen LogP contribution in [0.1, 0.15) is 445 Å². The van der Waals surface area contributed by atoms with Crippen molar-refractivity contribution in [3.05, 3.63) is 88.0 Å². The van der Waals surface area contributed by atoms with Crippen molar-refractivity contribution in [2.45, 2.75) is 466 Å². The van der Waals surface area contributed by atoms with Gasteiger partial charge in [0.25, 0.3) is 0 Å². The van der Waals surface area contributed by atoms with Crippen molar-refractivity contribution in [3.8, 4) is 17.2 Å². The molecule has 0 aliphatic heterocycles. The first-order valence-corrected chi connectivity index (χ1v) is 44.4. The van der Waals surface area contributed by atoms with Crippen LogP contribution < -0.4 is 13.6 Å². The van der Waals surface area contributed by atoms with E-state index in [2.05, 4.69) is 101 Å². The lowest BCUT2D eigenvalue weighted by Crippen LogP contribution is -2.18. The van der Waals surface area contributed by atoms with Gasteiger partial charge in [0.1, 0.15) is 17.2 Å². The second kappa shape index (κ2) is 56.2. The van der Waals surface area contributed by atoms with Gasteiger partial charge in [-0.25, -0.2) is 0 Å². The van der Waals surface area contributed by atoms with E-state index < -0.39 is 8.60 Å². The van der Waals surface area contributed by atoms with E-state index in [9.17, 15) is 14.4 Å². The van der Waals surface area contributed by atoms with Crippen LogP contribution in [0.3, 0.4) is 0 Å². The predicted octanol–water partition coefficient (Wildman–Crippen LogP) is 29.5. The smallest absolute Gasteiger partial charge is 0.463 e. The van der Waals surface area contributed by atoms with Crippen molar-refractivity contribution in [2.75, 3.05) is 0 Å². The Balaban J connectivity index is 1.72. The van der Waals surface area contributed by atoms with E-state index in [1.807, 2.05) is 57.2 Å².